The number of rotatable bonds is 6. The molecule has 0 saturated carbocycles. The van der Waals surface area contributed by atoms with Crippen LogP contribution in [0.3, 0.4) is 0 Å². The maximum absolute atomic E-state index is 9.02. The molecule has 0 fully saturated rings. The van der Waals surface area contributed by atoms with Gasteiger partial charge in [-0.2, -0.15) is 0 Å². The van der Waals surface area contributed by atoms with Crippen LogP contribution in [0.1, 0.15) is 19.7 Å². The summed E-state index contributed by atoms with van der Waals surface area (Å²) in [5.74, 6) is 1.39. The average molecular weight is 330 g/mol. The van der Waals surface area contributed by atoms with Crippen molar-refractivity contribution in [3.63, 3.8) is 0 Å². The molecule has 2 aromatic rings. The van der Waals surface area contributed by atoms with Crippen LogP contribution in [-0.2, 0) is 6.54 Å². The topological polar surface area (TPSA) is 75.5 Å². The van der Waals surface area contributed by atoms with E-state index in [1.165, 1.54) is 0 Å². The minimum Gasteiger partial charge on any atom is -0.444 e. The summed E-state index contributed by atoms with van der Waals surface area (Å²) in [5.41, 5.74) is 0. The summed E-state index contributed by atoms with van der Waals surface area (Å²) >= 11 is 3.22. The highest BCUT2D eigenvalue weighted by molar-refractivity contribution is 9.10. The van der Waals surface area contributed by atoms with Gasteiger partial charge < -0.3 is 13.9 Å². The molecule has 0 radical (unpaired) electrons. The van der Waals surface area contributed by atoms with E-state index in [0.29, 0.717) is 41.3 Å². The zero-order valence-corrected chi connectivity index (χ0v) is 12.4. The van der Waals surface area contributed by atoms with Gasteiger partial charge in [-0.1, -0.05) is 0 Å². The molecular formula is C12H16BrN3O3. The molecule has 2 heterocycles. The van der Waals surface area contributed by atoms with E-state index in [1.54, 1.807) is 12.1 Å². The van der Waals surface area contributed by atoms with Crippen LogP contribution in [0.5, 0.6) is 0 Å². The minimum absolute atomic E-state index is 0.101. The maximum atomic E-state index is 9.02. The number of aliphatic hydroxyl groups is 1. The Morgan fingerprint density at radius 2 is 2.11 bits per heavy atom. The first kappa shape index (κ1) is 14.2. The van der Waals surface area contributed by atoms with Crippen LogP contribution in [0.4, 0.5) is 0 Å². The molecule has 104 valence electrons. The second-order valence-electron chi connectivity index (χ2n) is 4.39. The van der Waals surface area contributed by atoms with Crippen molar-refractivity contribution in [1.29, 1.82) is 0 Å². The van der Waals surface area contributed by atoms with Crippen LogP contribution in [0, 0.1) is 0 Å². The predicted octanol–water partition coefficient (Wildman–Crippen LogP) is 2.29. The normalized spacial score (nSPS) is 11.7. The first-order valence-electron chi connectivity index (χ1n) is 6.03. The summed E-state index contributed by atoms with van der Waals surface area (Å²) in [7, 11) is 0. The average Bonchev–Trinajstić information content (AvgIpc) is 2.97. The molecule has 0 aliphatic carbocycles. The molecule has 0 aliphatic heterocycles. The van der Waals surface area contributed by atoms with E-state index >= 15 is 0 Å². The van der Waals surface area contributed by atoms with Gasteiger partial charge in [0.05, 0.1) is 13.2 Å². The molecule has 0 atom stereocenters. The van der Waals surface area contributed by atoms with Crippen LogP contribution in [0.25, 0.3) is 11.7 Å². The number of halogens is 1. The zero-order valence-electron chi connectivity index (χ0n) is 10.8. The van der Waals surface area contributed by atoms with Crippen molar-refractivity contribution >= 4 is 15.9 Å². The van der Waals surface area contributed by atoms with Crippen molar-refractivity contribution in [3.05, 3.63) is 22.7 Å². The van der Waals surface area contributed by atoms with Crippen LogP contribution in [0.2, 0.25) is 0 Å². The van der Waals surface area contributed by atoms with Gasteiger partial charge in [0.2, 0.25) is 5.89 Å². The quantitative estimate of drug-likeness (QED) is 0.876. The Bertz CT molecular complexity index is 524. The van der Waals surface area contributed by atoms with Crippen molar-refractivity contribution in [2.24, 2.45) is 0 Å². The summed E-state index contributed by atoms with van der Waals surface area (Å²) in [6.45, 7) is 5.28. The Hall–Kier alpha value is -1.18. The fraction of sp³-hybridized carbons (Fsp3) is 0.500. The number of hydrogen-bond donors (Lipinski definition) is 1. The van der Waals surface area contributed by atoms with E-state index < -0.39 is 0 Å². The second-order valence-corrected chi connectivity index (χ2v) is 5.17. The molecule has 0 unspecified atom stereocenters. The zero-order chi connectivity index (χ0) is 13.8. The summed E-state index contributed by atoms with van der Waals surface area (Å²) < 4.78 is 11.5. The first-order chi connectivity index (χ1) is 9.10. The third-order valence-corrected chi connectivity index (χ3v) is 3.13. The van der Waals surface area contributed by atoms with Gasteiger partial charge in [-0.3, -0.25) is 4.90 Å². The largest absolute Gasteiger partial charge is 0.444 e. The highest BCUT2D eigenvalue weighted by Gasteiger charge is 2.16. The SMILES string of the molecule is CC(C)N(CCO)Cc1nnc(-c2ccc(Br)o2)o1. The van der Waals surface area contributed by atoms with Crippen molar-refractivity contribution in [2.75, 3.05) is 13.2 Å². The van der Waals surface area contributed by atoms with Crippen LogP contribution in [-0.4, -0.2) is 39.4 Å². The van der Waals surface area contributed by atoms with Crippen molar-refractivity contribution in [2.45, 2.75) is 26.4 Å². The number of hydrogen-bond acceptors (Lipinski definition) is 6. The predicted molar refractivity (Wildman–Crippen MR) is 72.3 cm³/mol. The third kappa shape index (κ3) is 3.65. The summed E-state index contributed by atoms with van der Waals surface area (Å²) in [6.07, 6.45) is 0. The van der Waals surface area contributed by atoms with E-state index in [4.69, 9.17) is 13.9 Å². The molecule has 0 spiro atoms. The molecule has 6 nitrogen and oxygen atoms in total. The van der Waals surface area contributed by atoms with Crippen molar-refractivity contribution in [3.8, 4) is 11.7 Å². The van der Waals surface area contributed by atoms with Gasteiger partial charge in [-0.25, -0.2) is 0 Å². The fourth-order valence-corrected chi connectivity index (χ4v) is 1.97. The summed E-state index contributed by atoms with van der Waals surface area (Å²) in [4.78, 5) is 2.05. The third-order valence-electron chi connectivity index (χ3n) is 2.71. The first-order valence-corrected chi connectivity index (χ1v) is 6.82. The van der Waals surface area contributed by atoms with E-state index in [1.807, 2.05) is 0 Å². The molecule has 2 aromatic heterocycles. The molecule has 7 heteroatoms. The molecule has 0 amide bonds. The Balaban J connectivity index is 2.08. The molecule has 0 aromatic carbocycles. The van der Waals surface area contributed by atoms with E-state index in [9.17, 15) is 0 Å². The monoisotopic (exact) mass is 329 g/mol. The number of aliphatic hydroxyl groups excluding tert-OH is 1. The van der Waals surface area contributed by atoms with Gasteiger partial charge in [0.25, 0.3) is 5.89 Å². The highest BCUT2D eigenvalue weighted by atomic mass is 79.9. The summed E-state index contributed by atoms with van der Waals surface area (Å²) in [6, 6.07) is 3.82. The van der Waals surface area contributed by atoms with Gasteiger partial charge in [-0.15, -0.1) is 10.2 Å². The van der Waals surface area contributed by atoms with Crippen molar-refractivity contribution < 1.29 is 13.9 Å². The van der Waals surface area contributed by atoms with Gasteiger partial charge in [0.15, 0.2) is 10.4 Å². The lowest BCUT2D eigenvalue weighted by Crippen LogP contribution is -2.33. The molecule has 0 aliphatic rings. The molecule has 0 saturated heterocycles. The molecule has 2 rings (SSSR count). The van der Waals surface area contributed by atoms with Crippen LogP contribution >= 0.6 is 15.9 Å². The number of nitrogens with zero attached hydrogens (tertiary/aromatic N) is 3. The smallest absolute Gasteiger partial charge is 0.283 e. The molecular weight excluding hydrogens is 314 g/mol. The van der Waals surface area contributed by atoms with E-state index in [-0.39, 0.29) is 6.61 Å². The van der Waals surface area contributed by atoms with Gasteiger partial charge in [0, 0.05) is 12.6 Å². The van der Waals surface area contributed by atoms with Gasteiger partial charge in [-0.05, 0) is 41.9 Å². The Morgan fingerprint density at radius 1 is 1.32 bits per heavy atom. The minimum atomic E-state index is 0.101. The lowest BCUT2D eigenvalue weighted by molar-refractivity contribution is 0.148. The summed E-state index contributed by atoms with van der Waals surface area (Å²) in [5, 5.41) is 17.0. The van der Waals surface area contributed by atoms with Gasteiger partial charge >= 0.3 is 0 Å². The number of aromatic nitrogens is 2. The molecule has 1 N–H and O–H groups in total. The Morgan fingerprint density at radius 3 is 2.68 bits per heavy atom. The lowest BCUT2D eigenvalue weighted by atomic mass is 10.3. The van der Waals surface area contributed by atoms with Gasteiger partial charge in [0.1, 0.15) is 0 Å². The number of furan rings is 1. The van der Waals surface area contributed by atoms with Crippen LogP contribution in [0.15, 0.2) is 25.6 Å². The maximum Gasteiger partial charge on any atom is 0.283 e. The Kier molecular flexibility index (Phi) is 4.73. The van der Waals surface area contributed by atoms with E-state index in [2.05, 4.69) is 44.9 Å². The lowest BCUT2D eigenvalue weighted by Gasteiger charge is -2.23. The highest BCUT2D eigenvalue weighted by Crippen LogP contribution is 2.24. The van der Waals surface area contributed by atoms with Crippen molar-refractivity contribution in [1.82, 2.24) is 15.1 Å². The molecule has 19 heavy (non-hydrogen) atoms. The fourth-order valence-electron chi connectivity index (χ4n) is 1.67. The van der Waals surface area contributed by atoms with Crippen LogP contribution < -0.4 is 0 Å². The van der Waals surface area contributed by atoms with E-state index in [0.717, 1.165) is 0 Å². The second kappa shape index (κ2) is 6.31. The Labute approximate surface area is 119 Å². The molecule has 0 bridgehead atoms. The standard InChI is InChI=1S/C12H16BrN3O3/c1-8(2)16(5-6-17)7-11-14-15-12(19-11)9-3-4-10(13)18-9/h3-4,8,17H,5-7H2,1-2H3.